The molecule has 2 atom stereocenters. The SMILES string of the molecule is CCCCCCC/C=C\C/C=C\CCCCCCCCCCCCCCCCCCCCCCCCCC(=O)NC(CO)C(O)/C=C/CC/C=C/CCCCCCCCCCCC. The predicted octanol–water partition coefficient (Wildman–Crippen LogP) is 18.6. The first-order valence-corrected chi connectivity index (χ1v) is 28.4. The topological polar surface area (TPSA) is 69.6 Å². The third-order valence-corrected chi connectivity index (χ3v) is 13.0. The molecule has 0 fully saturated rings. The summed E-state index contributed by atoms with van der Waals surface area (Å²) in [4.78, 5) is 12.4. The maximum Gasteiger partial charge on any atom is 0.220 e. The van der Waals surface area contributed by atoms with Crippen LogP contribution in [0.4, 0.5) is 0 Å². The fraction of sp³-hybridized carbons (Fsp3) is 0.847. The van der Waals surface area contributed by atoms with Crippen LogP contribution in [-0.2, 0) is 4.79 Å². The van der Waals surface area contributed by atoms with E-state index in [1.807, 2.05) is 6.08 Å². The summed E-state index contributed by atoms with van der Waals surface area (Å²) in [7, 11) is 0. The molecule has 4 nitrogen and oxygen atoms in total. The summed E-state index contributed by atoms with van der Waals surface area (Å²) in [5.74, 6) is -0.0696. The van der Waals surface area contributed by atoms with Crippen LogP contribution in [0.5, 0.6) is 0 Å². The van der Waals surface area contributed by atoms with Gasteiger partial charge in [0.05, 0.1) is 18.8 Å². The Morgan fingerprint density at radius 2 is 0.667 bits per heavy atom. The summed E-state index contributed by atoms with van der Waals surface area (Å²) >= 11 is 0. The van der Waals surface area contributed by atoms with Gasteiger partial charge in [-0.25, -0.2) is 0 Å². The van der Waals surface area contributed by atoms with Gasteiger partial charge in [-0.15, -0.1) is 0 Å². The summed E-state index contributed by atoms with van der Waals surface area (Å²) in [6, 6.07) is -0.638. The third-order valence-electron chi connectivity index (χ3n) is 13.0. The average Bonchev–Trinajstić information content (AvgIpc) is 3.29. The smallest absolute Gasteiger partial charge is 0.220 e. The number of aliphatic hydroxyl groups excluding tert-OH is 2. The highest BCUT2D eigenvalue weighted by Crippen LogP contribution is 2.17. The lowest BCUT2D eigenvalue weighted by Crippen LogP contribution is -2.45. The van der Waals surface area contributed by atoms with E-state index >= 15 is 0 Å². The molecule has 0 aliphatic heterocycles. The van der Waals surface area contributed by atoms with Gasteiger partial charge in [-0.1, -0.05) is 281 Å². The molecule has 0 aliphatic carbocycles. The second-order valence-electron chi connectivity index (χ2n) is 19.3. The number of rotatable bonds is 52. The van der Waals surface area contributed by atoms with E-state index in [1.165, 1.54) is 244 Å². The normalized spacial score (nSPS) is 13.1. The number of nitrogens with one attached hydrogen (secondary N) is 1. The monoisotopic (exact) mass is 882 g/mol. The highest BCUT2D eigenvalue weighted by molar-refractivity contribution is 5.76. The van der Waals surface area contributed by atoms with Crippen LogP contribution in [0.3, 0.4) is 0 Å². The van der Waals surface area contributed by atoms with Crippen LogP contribution < -0.4 is 5.32 Å². The summed E-state index contributed by atoms with van der Waals surface area (Å²) < 4.78 is 0. The molecule has 0 saturated heterocycles. The molecule has 3 N–H and O–H groups in total. The molecule has 63 heavy (non-hydrogen) atoms. The zero-order valence-corrected chi connectivity index (χ0v) is 42.6. The van der Waals surface area contributed by atoms with Crippen molar-refractivity contribution in [2.24, 2.45) is 0 Å². The molecular formula is C59H111NO3. The molecule has 0 bridgehead atoms. The average molecular weight is 883 g/mol. The summed E-state index contributed by atoms with van der Waals surface area (Å²) in [5, 5.41) is 23.1. The van der Waals surface area contributed by atoms with Gasteiger partial charge in [0.15, 0.2) is 0 Å². The van der Waals surface area contributed by atoms with Crippen LogP contribution in [0.25, 0.3) is 0 Å². The summed E-state index contributed by atoms with van der Waals surface area (Å²) in [5.41, 5.74) is 0. The van der Waals surface area contributed by atoms with Crippen LogP contribution in [0.1, 0.15) is 303 Å². The fourth-order valence-corrected chi connectivity index (χ4v) is 8.70. The molecule has 0 saturated carbocycles. The van der Waals surface area contributed by atoms with Crippen molar-refractivity contribution in [3.05, 3.63) is 48.6 Å². The maximum atomic E-state index is 12.4. The van der Waals surface area contributed by atoms with Gasteiger partial charge in [0.2, 0.25) is 5.91 Å². The molecule has 0 aromatic carbocycles. The first-order valence-electron chi connectivity index (χ1n) is 28.4. The third kappa shape index (κ3) is 51.2. The molecule has 4 heteroatoms. The molecule has 370 valence electrons. The van der Waals surface area contributed by atoms with Gasteiger partial charge in [-0.3, -0.25) is 4.79 Å². The largest absolute Gasteiger partial charge is 0.394 e. The standard InChI is InChI=1S/C59H111NO3/c1-3-5-7-9-11-13-15-17-19-21-22-23-24-25-26-27-28-29-30-31-32-33-34-35-36-37-38-39-41-43-45-47-49-51-53-55-59(63)60-57(56-61)58(62)54-52-50-48-46-44-42-40-20-18-16-14-12-10-8-6-4-2/h15,17,21-22,44,46,52,54,57-58,61-62H,3-14,16,18-20,23-43,45,47-51,53,55-56H2,1-2H3,(H,60,63)/b17-15-,22-21-,46-44+,54-52+. The van der Waals surface area contributed by atoms with Gasteiger partial charge in [0, 0.05) is 6.42 Å². The lowest BCUT2D eigenvalue weighted by atomic mass is 10.0. The molecule has 0 aliphatic rings. The Bertz CT molecular complexity index is 1000. The van der Waals surface area contributed by atoms with Crippen LogP contribution in [0.15, 0.2) is 48.6 Å². The Kier molecular flexibility index (Phi) is 53.3. The van der Waals surface area contributed by atoms with Crippen molar-refractivity contribution in [3.63, 3.8) is 0 Å². The van der Waals surface area contributed by atoms with Crippen molar-refractivity contribution in [2.45, 2.75) is 315 Å². The number of carbonyl (C=O) groups excluding carboxylic acids is 1. The highest BCUT2D eigenvalue weighted by Gasteiger charge is 2.18. The van der Waals surface area contributed by atoms with Gasteiger partial charge < -0.3 is 15.5 Å². The van der Waals surface area contributed by atoms with E-state index in [0.29, 0.717) is 6.42 Å². The second-order valence-corrected chi connectivity index (χ2v) is 19.3. The van der Waals surface area contributed by atoms with E-state index in [0.717, 1.165) is 38.5 Å². The Hall–Kier alpha value is -1.65. The van der Waals surface area contributed by atoms with Gasteiger partial charge in [0.1, 0.15) is 0 Å². The first kappa shape index (κ1) is 61.4. The van der Waals surface area contributed by atoms with Crippen LogP contribution in [0.2, 0.25) is 0 Å². The van der Waals surface area contributed by atoms with Crippen molar-refractivity contribution in [1.82, 2.24) is 5.32 Å². The Balaban J connectivity index is 3.44. The molecule has 1 amide bonds. The Morgan fingerprint density at radius 3 is 1.02 bits per heavy atom. The number of amides is 1. The number of carbonyl (C=O) groups is 1. The summed E-state index contributed by atoms with van der Waals surface area (Å²) in [6.07, 6.45) is 75.7. The van der Waals surface area contributed by atoms with Crippen molar-refractivity contribution in [3.8, 4) is 0 Å². The molecular weight excluding hydrogens is 771 g/mol. The number of aliphatic hydroxyl groups is 2. The van der Waals surface area contributed by atoms with Crippen molar-refractivity contribution in [2.75, 3.05) is 6.61 Å². The van der Waals surface area contributed by atoms with E-state index in [-0.39, 0.29) is 12.5 Å². The van der Waals surface area contributed by atoms with Gasteiger partial charge in [-0.2, -0.15) is 0 Å². The van der Waals surface area contributed by atoms with Gasteiger partial charge >= 0.3 is 0 Å². The van der Waals surface area contributed by atoms with Gasteiger partial charge in [-0.05, 0) is 64.2 Å². The Morgan fingerprint density at radius 1 is 0.381 bits per heavy atom. The van der Waals surface area contributed by atoms with Crippen LogP contribution in [0, 0.1) is 0 Å². The van der Waals surface area contributed by atoms with Crippen LogP contribution in [-0.4, -0.2) is 34.9 Å². The minimum atomic E-state index is -0.861. The number of hydrogen-bond donors (Lipinski definition) is 3. The number of hydrogen-bond acceptors (Lipinski definition) is 3. The molecule has 0 spiro atoms. The van der Waals surface area contributed by atoms with E-state index < -0.39 is 12.1 Å². The fourth-order valence-electron chi connectivity index (χ4n) is 8.70. The van der Waals surface area contributed by atoms with E-state index in [4.69, 9.17) is 0 Å². The molecule has 0 heterocycles. The molecule has 0 aromatic rings. The zero-order chi connectivity index (χ0) is 45.6. The van der Waals surface area contributed by atoms with Crippen LogP contribution >= 0.6 is 0 Å². The lowest BCUT2D eigenvalue weighted by molar-refractivity contribution is -0.123. The highest BCUT2D eigenvalue weighted by atomic mass is 16.3. The first-order chi connectivity index (χ1) is 31.2. The number of unbranched alkanes of at least 4 members (excludes halogenated alkanes) is 39. The van der Waals surface area contributed by atoms with E-state index in [9.17, 15) is 15.0 Å². The minimum absolute atomic E-state index is 0.0696. The lowest BCUT2D eigenvalue weighted by Gasteiger charge is -2.19. The zero-order valence-electron chi connectivity index (χ0n) is 42.6. The van der Waals surface area contributed by atoms with Crippen molar-refractivity contribution >= 4 is 5.91 Å². The van der Waals surface area contributed by atoms with Crippen molar-refractivity contribution in [1.29, 1.82) is 0 Å². The molecule has 2 unspecified atom stereocenters. The van der Waals surface area contributed by atoms with Crippen molar-refractivity contribution < 1.29 is 15.0 Å². The predicted molar refractivity (Wildman–Crippen MR) is 281 cm³/mol. The quantitative estimate of drug-likeness (QED) is 0.0421. The number of allylic oxidation sites excluding steroid dienone is 7. The molecule has 0 rings (SSSR count). The maximum absolute atomic E-state index is 12.4. The molecule has 0 radical (unpaired) electrons. The summed E-state index contributed by atoms with van der Waals surface area (Å²) in [6.45, 7) is 4.30. The van der Waals surface area contributed by atoms with Gasteiger partial charge in [0.25, 0.3) is 0 Å². The second kappa shape index (κ2) is 54.7. The Labute approximate surface area is 394 Å². The molecule has 0 aromatic heterocycles. The van der Waals surface area contributed by atoms with E-state index in [2.05, 4.69) is 55.6 Å². The minimum Gasteiger partial charge on any atom is -0.394 e. The van der Waals surface area contributed by atoms with E-state index in [1.54, 1.807) is 6.08 Å².